The second-order valence-corrected chi connectivity index (χ2v) is 12.1. The van der Waals surface area contributed by atoms with Gasteiger partial charge >= 0.3 is 5.97 Å². The van der Waals surface area contributed by atoms with Gasteiger partial charge in [0.25, 0.3) is 10.0 Å². The van der Waals surface area contributed by atoms with E-state index in [4.69, 9.17) is 25.8 Å². The normalized spacial score (nSPS) is 15.3. The largest absolute Gasteiger partial charge is 0.497 e. The highest BCUT2D eigenvalue weighted by Crippen LogP contribution is 2.38. The van der Waals surface area contributed by atoms with E-state index in [9.17, 15) is 13.2 Å². The molecule has 0 spiro atoms. The van der Waals surface area contributed by atoms with Gasteiger partial charge in [-0.25, -0.2) is 22.1 Å². The highest BCUT2D eigenvalue weighted by atomic mass is 35.5. The van der Waals surface area contributed by atoms with Crippen LogP contribution in [0.25, 0.3) is 0 Å². The lowest BCUT2D eigenvalue weighted by Gasteiger charge is -2.25. The summed E-state index contributed by atoms with van der Waals surface area (Å²) in [7, 11) is -0.0865. The van der Waals surface area contributed by atoms with Crippen LogP contribution in [0.2, 0.25) is 5.02 Å². The molecule has 39 heavy (non-hydrogen) atoms. The second kappa shape index (κ2) is 12.4. The number of methoxy groups -OCH3 is 3. The van der Waals surface area contributed by atoms with E-state index in [0.29, 0.717) is 48.7 Å². The summed E-state index contributed by atoms with van der Waals surface area (Å²) in [6.07, 6.45) is 3.23. The minimum atomic E-state index is -4.42. The molecule has 2 aromatic carbocycles. The van der Waals surface area contributed by atoms with Crippen molar-refractivity contribution in [2.45, 2.75) is 30.7 Å². The van der Waals surface area contributed by atoms with Crippen LogP contribution in [0.1, 0.15) is 24.8 Å². The Hall–Kier alpha value is -3.09. The number of thiazole rings is 1. The molecule has 0 aliphatic carbocycles. The van der Waals surface area contributed by atoms with Gasteiger partial charge in [-0.2, -0.15) is 0 Å². The summed E-state index contributed by atoms with van der Waals surface area (Å²) in [4.78, 5) is 17.0. The van der Waals surface area contributed by atoms with Crippen LogP contribution in [-0.2, 0) is 26.1 Å². The van der Waals surface area contributed by atoms with Crippen molar-refractivity contribution in [1.29, 1.82) is 0 Å². The lowest BCUT2D eigenvalue weighted by molar-refractivity contribution is -0.140. The Kier molecular flexibility index (Phi) is 9.19. The monoisotopic (exact) mass is 597 g/mol. The molecule has 1 fully saturated rings. The summed E-state index contributed by atoms with van der Waals surface area (Å²) in [5, 5.41) is 1.92. The molecule has 4 rings (SSSR count). The molecule has 0 bridgehead atoms. The molecule has 0 N–H and O–H groups in total. The zero-order valence-corrected chi connectivity index (χ0v) is 24.1. The van der Waals surface area contributed by atoms with Crippen LogP contribution in [0.4, 0.5) is 15.2 Å². The lowest BCUT2D eigenvalue weighted by Crippen LogP contribution is -2.31. The lowest BCUT2D eigenvalue weighted by atomic mass is 10.0. The van der Waals surface area contributed by atoms with Crippen molar-refractivity contribution >= 4 is 49.7 Å². The van der Waals surface area contributed by atoms with Gasteiger partial charge in [-0.1, -0.05) is 11.6 Å². The summed E-state index contributed by atoms with van der Waals surface area (Å²) in [6.45, 7) is 1.03. The predicted molar refractivity (Wildman–Crippen MR) is 148 cm³/mol. The number of aromatic nitrogens is 1. The summed E-state index contributed by atoms with van der Waals surface area (Å²) in [5.41, 5.74) is 0.946. The first kappa shape index (κ1) is 28.9. The molecule has 1 aromatic heterocycles. The number of anilines is 2. The third kappa shape index (κ3) is 6.39. The van der Waals surface area contributed by atoms with Crippen LogP contribution in [-0.4, -0.2) is 53.8 Å². The Bertz CT molecular complexity index is 1420. The third-order valence-corrected chi connectivity index (χ3v) is 9.58. The number of esters is 1. The number of hydrogen-bond acceptors (Lipinski definition) is 9. The Morgan fingerprint density at radius 3 is 2.69 bits per heavy atom. The van der Waals surface area contributed by atoms with Gasteiger partial charge in [-0.05, 0) is 37.0 Å². The van der Waals surface area contributed by atoms with Crippen LogP contribution < -0.4 is 18.7 Å². The van der Waals surface area contributed by atoms with Crippen molar-refractivity contribution in [3.63, 3.8) is 0 Å². The highest BCUT2D eigenvalue weighted by Gasteiger charge is 2.33. The summed E-state index contributed by atoms with van der Waals surface area (Å²) < 4.78 is 59.7. The SMILES string of the molecule is COC(=O)CCC1CCN(c2cc(F)c(S(=O)(=O)N(Cc3ccc(OC)cc3OC)c3nccs3)cc2Cl)C1. The van der Waals surface area contributed by atoms with Gasteiger partial charge in [0, 0.05) is 48.8 Å². The third-order valence-electron chi connectivity index (χ3n) is 6.62. The quantitative estimate of drug-likeness (QED) is 0.281. The molecule has 1 atom stereocenters. The molecule has 1 aliphatic heterocycles. The van der Waals surface area contributed by atoms with Gasteiger partial charge in [0.1, 0.15) is 22.2 Å². The summed E-state index contributed by atoms with van der Waals surface area (Å²) >= 11 is 7.65. The fraction of sp³-hybridized carbons (Fsp3) is 0.385. The van der Waals surface area contributed by atoms with Crippen molar-refractivity contribution in [3.05, 3.63) is 58.3 Å². The molecule has 1 aliphatic rings. The van der Waals surface area contributed by atoms with Crippen molar-refractivity contribution in [2.75, 3.05) is 43.6 Å². The molecule has 0 radical (unpaired) electrons. The van der Waals surface area contributed by atoms with Crippen LogP contribution in [0.15, 0.2) is 46.8 Å². The van der Waals surface area contributed by atoms with Crippen molar-refractivity contribution < 1.29 is 31.8 Å². The van der Waals surface area contributed by atoms with Crippen LogP contribution in [0.5, 0.6) is 11.5 Å². The standard InChI is InChI=1S/C26H29ClFN3O6S2/c1-35-19-6-5-18(23(12-19)36-2)16-31(26-29-9-11-38-26)39(33,34)24-13-20(27)22(14-21(24)28)30-10-8-17(15-30)4-7-25(32)37-3/h5-6,9,11-14,17H,4,7-8,10,15-16H2,1-3H3. The molecule has 0 amide bonds. The predicted octanol–water partition coefficient (Wildman–Crippen LogP) is 5.13. The number of ether oxygens (including phenoxy) is 3. The number of benzene rings is 2. The molecule has 3 aromatic rings. The first-order valence-electron chi connectivity index (χ1n) is 12.1. The Morgan fingerprint density at radius 1 is 1.23 bits per heavy atom. The van der Waals surface area contributed by atoms with Gasteiger partial charge in [0.2, 0.25) is 0 Å². The Labute approximate surface area is 236 Å². The van der Waals surface area contributed by atoms with Crippen molar-refractivity contribution in [3.8, 4) is 11.5 Å². The average molecular weight is 598 g/mol. The minimum absolute atomic E-state index is 0.115. The first-order chi connectivity index (χ1) is 18.7. The molecule has 9 nitrogen and oxygen atoms in total. The number of carbonyl (C=O) groups is 1. The fourth-order valence-electron chi connectivity index (χ4n) is 4.52. The van der Waals surface area contributed by atoms with Crippen LogP contribution in [0, 0.1) is 11.7 Å². The molecule has 13 heteroatoms. The van der Waals surface area contributed by atoms with E-state index in [1.165, 1.54) is 27.5 Å². The number of rotatable bonds is 11. The first-order valence-corrected chi connectivity index (χ1v) is 14.8. The van der Waals surface area contributed by atoms with E-state index in [1.807, 2.05) is 4.90 Å². The van der Waals surface area contributed by atoms with Gasteiger partial charge in [-0.3, -0.25) is 4.79 Å². The average Bonchev–Trinajstić information content (AvgIpc) is 3.64. The van der Waals surface area contributed by atoms with E-state index in [0.717, 1.165) is 34.2 Å². The maximum absolute atomic E-state index is 15.6. The van der Waals surface area contributed by atoms with E-state index in [-0.39, 0.29) is 28.6 Å². The summed E-state index contributed by atoms with van der Waals surface area (Å²) in [6, 6.07) is 7.32. The fourth-order valence-corrected chi connectivity index (χ4v) is 7.21. The van der Waals surface area contributed by atoms with Crippen molar-refractivity contribution in [2.24, 2.45) is 5.92 Å². The van der Waals surface area contributed by atoms with Gasteiger partial charge in [0.05, 0.1) is 38.6 Å². The molecule has 1 unspecified atom stereocenters. The number of halogens is 2. The molecule has 0 saturated carbocycles. The number of carbonyl (C=O) groups excluding carboxylic acids is 1. The maximum atomic E-state index is 15.6. The van der Waals surface area contributed by atoms with Crippen LogP contribution in [0.3, 0.4) is 0 Å². The van der Waals surface area contributed by atoms with Gasteiger partial charge < -0.3 is 19.1 Å². The minimum Gasteiger partial charge on any atom is -0.497 e. The smallest absolute Gasteiger partial charge is 0.305 e. The number of hydrogen-bond donors (Lipinski definition) is 0. The Balaban J connectivity index is 1.63. The van der Waals surface area contributed by atoms with Crippen molar-refractivity contribution in [1.82, 2.24) is 4.98 Å². The molecular weight excluding hydrogens is 569 g/mol. The molecule has 210 valence electrons. The number of sulfonamides is 1. The molecule has 1 saturated heterocycles. The summed E-state index contributed by atoms with van der Waals surface area (Å²) in [5.74, 6) is -0.0239. The van der Waals surface area contributed by atoms with E-state index < -0.39 is 20.7 Å². The maximum Gasteiger partial charge on any atom is 0.305 e. The molecule has 2 heterocycles. The number of nitrogens with zero attached hydrogens (tertiary/aromatic N) is 3. The van der Waals surface area contributed by atoms with Crippen LogP contribution >= 0.6 is 22.9 Å². The van der Waals surface area contributed by atoms with E-state index >= 15 is 4.39 Å². The topological polar surface area (TPSA) is 98.3 Å². The molecular formula is C26H29ClFN3O6S2. The Morgan fingerprint density at radius 2 is 2.03 bits per heavy atom. The van der Waals surface area contributed by atoms with Gasteiger partial charge in [-0.15, -0.1) is 11.3 Å². The second-order valence-electron chi connectivity index (χ2n) is 8.95. The zero-order valence-electron chi connectivity index (χ0n) is 21.7. The van der Waals surface area contributed by atoms with E-state index in [2.05, 4.69) is 4.98 Å². The van der Waals surface area contributed by atoms with Gasteiger partial charge in [0.15, 0.2) is 5.13 Å². The van der Waals surface area contributed by atoms with E-state index in [1.54, 1.807) is 23.6 Å². The zero-order chi connectivity index (χ0) is 28.2. The highest BCUT2D eigenvalue weighted by molar-refractivity contribution is 7.93.